The molecule has 1 unspecified atom stereocenters. The quantitative estimate of drug-likeness (QED) is 0.743. The fraction of sp³-hybridized carbons (Fsp3) is 0.417. The summed E-state index contributed by atoms with van der Waals surface area (Å²) < 4.78 is 30.8. The van der Waals surface area contributed by atoms with E-state index in [0.29, 0.717) is 6.07 Å². The summed E-state index contributed by atoms with van der Waals surface area (Å²) >= 11 is 0. The highest BCUT2D eigenvalue weighted by atomic mass is 19.1. The van der Waals surface area contributed by atoms with Crippen molar-refractivity contribution in [2.24, 2.45) is 5.92 Å². The van der Waals surface area contributed by atoms with Crippen LogP contribution < -0.4 is 0 Å². The molecule has 1 aromatic carbocycles. The van der Waals surface area contributed by atoms with Gasteiger partial charge in [0.15, 0.2) is 0 Å². The molecule has 0 saturated heterocycles. The van der Waals surface area contributed by atoms with Crippen molar-refractivity contribution in [3.05, 3.63) is 35.4 Å². The van der Waals surface area contributed by atoms with Crippen LogP contribution in [0.5, 0.6) is 0 Å². The van der Waals surface area contributed by atoms with Gasteiger partial charge >= 0.3 is 5.97 Å². The number of benzene rings is 1. The van der Waals surface area contributed by atoms with E-state index in [0.717, 1.165) is 12.1 Å². The molecule has 1 rings (SSSR count). The van der Waals surface area contributed by atoms with Crippen LogP contribution in [0.25, 0.3) is 0 Å². The molecular formula is C12H14F2O2. The molecule has 0 N–H and O–H groups in total. The molecule has 0 bridgehead atoms. The number of carbonyl (C=O) groups is 1. The second kappa shape index (κ2) is 5.05. The molecule has 0 spiro atoms. The van der Waals surface area contributed by atoms with Crippen LogP contribution in [0.15, 0.2) is 18.2 Å². The highest BCUT2D eigenvalue weighted by Crippen LogP contribution is 2.14. The molecular weight excluding hydrogens is 214 g/mol. The first-order valence-corrected chi connectivity index (χ1v) is 5.08. The summed E-state index contributed by atoms with van der Waals surface area (Å²) in [5.74, 6) is -2.24. The molecule has 2 nitrogen and oxygen atoms in total. The Bertz CT molecular complexity index is 389. The predicted octanol–water partition coefficient (Wildman–Crippen LogP) is 3.17. The first kappa shape index (κ1) is 12.6. The van der Waals surface area contributed by atoms with Gasteiger partial charge in [0.2, 0.25) is 0 Å². The normalized spacial score (nSPS) is 12.6. The van der Waals surface area contributed by atoms with Gasteiger partial charge in [-0.15, -0.1) is 0 Å². The van der Waals surface area contributed by atoms with E-state index >= 15 is 0 Å². The van der Waals surface area contributed by atoms with Crippen molar-refractivity contribution in [2.75, 3.05) is 0 Å². The summed E-state index contributed by atoms with van der Waals surface area (Å²) in [6, 6.07) is 2.77. The highest BCUT2D eigenvalue weighted by molar-refractivity contribution is 5.89. The molecule has 0 saturated carbocycles. The summed E-state index contributed by atoms with van der Waals surface area (Å²) in [7, 11) is 0. The van der Waals surface area contributed by atoms with Crippen LogP contribution in [0.1, 0.15) is 31.1 Å². The van der Waals surface area contributed by atoms with Gasteiger partial charge in [-0.3, -0.25) is 0 Å². The Morgan fingerprint density at radius 2 is 1.88 bits per heavy atom. The first-order valence-electron chi connectivity index (χ1n) is 5.08. The summed E-state index contributed by atoms with van der Waals surface area (Å²) in [5.41, 5.74) is -0.242. The van der Waals surface area contributed by atoms with Gasteiger partial charge in [-0.05, 0) is 25.0 Å². The number of ether oxygens (including phenoxy) is 1. The zero-order chi connectivity index (χ0) is 12.3. The molecule has 16 heavy (non-hydrogen) atoms. The molecule has 0 aliphatic rings. The molecule has 4 heteroatoms. The first-order chi connectivity index (χ1) is 7.41. The van der Waals surface area contributed by atoms with Crippen LogP contribution in [0.4, 0.5) is 8.78 Å². The summed E-state index contributed by atoms with van der Waals surface area (Å²) in [5, 5.41) is 0. The van der Waals surface area contributed by atoms with E-state index in [-0.39, 0.29) is 17.6 Å². The number of esters is 1. The number of carbonyl (C=O) groups excluding carboxylic acids is 1. The van der Waals surface area contributed by atoms with Crippen LogP contribution in [0.3, 0.4) is 0 Å². The third-order valence-electron chi connectivity index (χ3n) is 2.38. The molecule has 0 aliphatic heterocycles. The standard InChI is InChI=1S/C12H14F2O2/c1-7(2)8(3)16-12(15)10-5-4-9(13)6-11(10)14/h4-8H,1-3H3. The maximum atomic E-state index is 13.2. The van der Waals surface area contributed by atoms with E-state index < -0.39 is 17.6 Å². The lowest BCUT2D eigenvalue weighted by atomic mass is 10.1. The summed E-state index contributed by atoms with van der Waals surface area (Å²) in [4.78, 5) is 11.5. The fourth-order valence-electron chi connectivity index (χ4n) is 1.02. The minimum absolute atomic E-state index is 0.146. The average Bonchev–Trinajstić information content (AvgIpc) is 2.16. The lowest BCUT2D eigenvalue weighted by molar-refractivity contribution is 0.0233. The lowest BCUT2D eigenvalue weighted by Gasteiger charge is -2.16. The maximum absolute atomic E-state index is 13.2. The van der Waals surface area contributed by atoms with Gasteiger partial charge in [-0.1, -0.05) is 13.8 Å². The molecule has 88 valence electrons. The van der Waals surface area contributed by atoms with Gasteiger partial charge < -0.3 is 4.74 Å². The second-order valence-electron chi connectivity index (χ2n) is 3.98. The average molecular weight is 228 g/mol. The SMILES string of the molecule is CC(C)C(C)OC(=O)c1ccc(F)cc1F. The highest BCUT2D eigenvalue weighted by Gasteiger charge is 2.18. The zero-order valence-corrected chi connectivity index (χ0v) is 9.46. The molecule has 0 heterocycles. The van der Waals surface area contributed by atoms with E-state index in [1.165, 1.54) is 0 Å². The molecule has 0 fully saturated rings. The summed E-state index contributed by atoms with van der Waals surface area (Å²) in [6.45, 7) is 5.50. The number of hydrogen-bond donors (Lipinski definition) is 0. The number of hydrogen-bond acceptors (Lipinski definition) is 2. The lowest BCUT2D eigenvalue weighted by Crippen LogP contribution is -2.20. The Balaban J connectivity index is 2.81. The van der Waals surface area contributed by atoms with Gasteiger partial charge in [0, 0.05) is 6.07 Å². The Labute approximate surface area is 93.2 Å². The van der Waals surface area contributed by atoms with Crippen molar-refractivity contribution in [3.8, 4) is 0 Å². The minimum Gasteiger partial charge on any atom is -0.459 e. The van der Waals surface area contributed by atoms with Crippen LogP contribution in [0, 0.1) is 17.6 Å². The smallest absolute Gasteiger partial charge is 0.341 e. The Hall–Kier alpha value is -1.45. The van der Waals surface area contributed by atoms with Gasteiger partial charge in [0.1, 0.15) is 17.7 Å². The van der Waals surface area contributed by atoms with Gasteiger partial charge in [0.05, 0.1) is 5.56 Å². The number of rotatable bonds is 3. The minimum atomic E-state index is -0.902. The van der Waals surface area contributed by atoms with Gasteiger partial charge in [-0.2, -0.15) is 0 Å². The van der Waals surface area contributed by atoms with Crippen molar-refractivity contribution in [1.82, 2.24) is 0 Å². The van der Waals surface area contributed by atoms with Crippen LogP contribution in [0.2, 0.25) is 0 Å². The van der Waals surface area contributed by atoms with E-state index in [1.807, 2.05) is 13.8 Å². The largest absolute Gasteiger partial charge is 0.459 e. The molecule has 0 radical (unpaired) electrons. The van der Waals surface area contributed by atoms with Crippen LogP contribution in [-0.4, -0.2) is 12.1 Å². The third-order valence-corrected chi connectivity index (χ3v) is 2.38. The predicted molar refractivity (Wildman–Crippen MR) is 56.1 cm³/mol. The van der Waals surface area contributed by atoms with E-state index in [1.54, 1.807) is 6.92 Å². The van der Waals surface area contributed by atoms with Crippen molar-refractivity contribution in [1.29, 1.82) is 0 Å². The fourth-order valence-corrected chi connectivity index (χ4v) is 1.02. The molecule has 0 aliphatic carbocycles. The molecule has 1 aromatic rings. The maximum Gasteiger partial charge on any atom is 0.341 e. The second-order valence-corrected chi connectivity index (χ2v) is 3.98. The monoisotopic (exact) mass is 228 g/mol. The Morgan fingerprint density at radius 3 is 2.38 bits per heavy atom. The van der Waals surface area contributed by atoms with Gasteiger partial charge in [-0.25, -0.2) is 13.6 Å². The zero-order valence-electron chi connectivity index (χ0n) is 9.46. The van der Waals surface area contributed by atoms with E-state index in [9.17, 15) is 13.6 Å². The molecule has 1 atom stereocenters. The number of halogens is 2. The van der Waals surface area contributed by atoms with E-state index in [2.05, 4.69) is 0 Å². The third kappa shape index (κ3) is 3.02. The van der Waals surface area contributed by atoms with Crippen molar-refractivity contribution in [2.45, 2.75) is 26.9 Å². The van der Waals surface area contributed by atoms with Crippen LogP contribution >= 0.6 is 0 Å². The van der Waals surface area contributed by atoms with Crippen molar-refractivity contribution in [3.63, 3.8) is 0 Å². The topological polar surface area (TPSA) is 26.3 Å². The summed E-state index contributed by atoms with van der Waals surface area (Å²) in [6.07, 6.45) is -0.308. The van der Waals surface area contributed by atoms with Crippen molar-refractivity contribution >= 4 is 5.97 Å². The van der Waals surface area contributed by atoms with Gasteiger partial charge in [0.25, 0.3) is 0 Å². The van der Waals surface area contributed by atoms with Crippen molar-refractivity contribution < 1.29 is 18.3 Å². The van der Waals surface area contributed by atoms with Crippen LogP contribution in [-0.2, 0) is 4.74 Å². The Kier molecular flexibility index (Phi) is 3.99. The Morgan fingerprint density at radius 1 is 1.25 bits per heavy atom. The van der Waals surface area contributed by atoms with E-state index in [4.69, 9.17) is 4.74 Å². The molecule has 0 aromatic heterocycles. The molecule has 0 amide bonds.